The van der Waals surface area contributed by atoms with Gasteiger partial charge in [-0.15, -0.1) is 0 Å². The fourth-order valence-electron chi connectivity index (χ4n) is 2.84. The van der Waals surface area contributed by atoms with Crippen LogP contribution in [0.4, 0.5) is 5.69 Å². The molecule has 0 aromatic heterocycles. The standard InChI is InChI=1S/C25H25N3O3/c1-17-11-12-22(13-19(17)3)27-24(29)25(30)28-26-15-20-8-6-10-23(14-20)31-16-21-9-5-4-7-18(21)2/h4-15H,16H2,1-3H3,(H,27,29)(H,28,30)/b26-15+. The van der Waals surface area contributed by atoms with Crippen LogP contribution in [0.2, 0.25) is 0 Å². The number of rotatable bonds is 6. The third kappa shape index (κ3) is 6.27. The van der Waals surface area contributed by atoms with E-state index in [2.05, 4.69) is 15.8 Å². The summed E-state index contributed by atoms with van der Waals surface area (Å²) in [5.41, 5.74) is 7.95. The number of nitrogens with one attached hydrogen (secondary N) is 2. The lowest BCUT2D eigenvalue weighted by molar-refractivity contribution is -0.136. The zero-order valence-corrected chi connectivity index (χ0v) is 17.8. The first-order valence-corrected chi connectivity index (χ1v) is 9.91. The van der Waals surface area contributed by atoms with Crippen LogP contribution >= 0.6 is 0 Å². The van der Waals surface area contributed by atoms with Crippen LogP contribution < -0.4 is 15.5 Å². The Morgan fingerprint density at radius 1 is 0.871 bits per heavy atom. The summed E-state index contributed by atoms with van der Waals surface area (Å²) in [5.74, 6) is -0.942. The molecule has 6 heteroatoms. The molecule has 158 valence electrons. The van der Waals surface area contributed by atoms with Crippen molar-refractivity contribution < 1.29 is 14.3 Å². The minimum absolute atomic E-state index is 0.461. The zero-order valence-electron chi connectivity index (χ0n) is 17.8. The van der Waals surface area contributed by atoms with Gasteiger partial charge < -0.3 is 10.1 Å². The maximum Gasteiger partial charge on any atom is 0.329 e. The Hall–Kier alpha value is -3.93. The molecule has 3 aromatic rings. The molecule has 0 unspecified atom stereocenters. The molecule has 0 bridgehead atoms. The number of hydrogen-bond acceptors (Lipinski definition) is 4. The molecule has 3 aromatic carbocycles. The number of amides is 2. The van der Waals surface area contributed by atoms with Gasteiger partial charge >= 0.3 is 11.8 Å². The molecule has 0 radical (unpaired) electrons. The molecule has 0 saturated heterocycles. The molecule has 0 aliphatic rings. The number of nitrogens with zero attached hydrogens (tertiary/aromatic N) is 1. The highest BCUT2D eigenvalue weighted by molar-refractivity contribution is 6.39. The Balaban J connectivity index is 1.53. The number of benzene rings is 3. The van der Waals surface area contributed by atoms with E-state index in [9.17, 15) is 9.59 Å². The number of anilines is 1. The SMILES string of the molecule is Cc1ccc(NC(=O)C(=O)N/N=C/c2cccc(OCc3ccccc3C)c2)cc1C. The summed E-state index contributed by atoms with van der Waals surface area (Å²) in [6, 6.07) is 20.8. The highest BCUT2D eigenvalue weighted by atomic mass is 16.5. The number of ether oxygens (including phenoxy) is 1. The van der Waals surface area contributed by atoms with Gasteiger partial charge in [0.2, 0.25) is 0 Å². The number of hydrazone groups is 1. The molecule has 0 aliphatic carbocycles. The number of carbonyl (C=O) groups is 2. The average molecular weight is 415 g/mol. The Morgan fingerprint density at radius 3 is 2.45 bits per heavy atom. The van der Waals surface area contributed by atoms with E-state index in [1.165, 1.54) is 11.8 Å². The van der Waals surface area contributed by atoms with Crippen molar-refractivity contribution in [3.8, 4) is 5.75 Å². The second kappa shape index (κ2) is 10.2. The summed E-state index contributed by atoms with van der Waals surface area (Å²) in [5, 5.41) is 6.43. The van der Waals surface area contributed by atoms with Gasteiger partial charge in [-0.1, -0.05) is 42.5 Å². The van der Waals surface area contributed by atoms with Gasteiger partial charge in [-0.3, -0.25) is 9.59 Å². The first kappa shape index (κ1) is 21.8. The van der Waals surface area contributed by atoms with Crippen molar-refractivity contribution in [3.63, 3.8) is 0 Å². The number of hydrogen-bond donors (Lipinski definition) is 2. The van der Waals surface area contributed by atoms with Gasteiger partial charge in [0.25, 0.3) is 0 Å². The predicted octanol–water partition coefficient (Wildman–Crippen LogP) is 4.28. The summed E-state index contributed by atoms with van der Waals surface area (Å²) >= 11 is 0. The molecule has 0 fully saturated rings. The van der Waals surface area contributed by atoms with Crippen molar-refractivity contribution >= 4 is 23.7 Å². The van der Waals surface area contributed by atoms with Crippen molar-refractivity contribution in [2.75, 3.05) is 5.32 Å². The molecular formula is C25H25N3O3. The molecule has 2 amide bonds. The van der Waals surface area contributed by atoms with Gasteiger partial charge in [-0.25, -0.2) is 5.43 Å². The monoisotopic (exact) mass is 415 g/mol. The van der Waals surface area contributed by atoms with Gasteiger partial charge in [0.05, 0.1) is 6.21 Å². The molecule has 0 saturated carbocycles. The summed E-state index contributed by atoms with van der Waals surface area (Å²) in [6.45, 7) is 6.42. The Morgan fingerprint density at radius 2 is 1.68 bits per heavy atom. The zero-order chi connectivity index (χ0) is 22.2. The van der Waals surface area contributed by atoms with Crippen LogP contribution in [0, 0.1) is 20.8 Å². The van der Waals surface area contributed by atoms with Crippen LogP contribution in [0.25, 0.3) is 0 Å². The van der Waals surface area contributed by atoms with Gasteiger partial charge in [-0.2, -0.15) is 5.10 Å². The topological polar surface area (TPSA) is 79.8 Å². The largest absolute Gasteiger partial charge is 0.489 e. The molecule has 2 N–H and O–H groups in total. The third-order valence-electron chi connectivity index (χ3n) is 4.86. The summed E-state index contributed by atoms with van der Waals surface area (Å²) in [7, 11) is 0. The van der Waals surface area contributed by atoms with Gasteiger partial charge in [0, 0.05) is 5.69 Å². The fourth-order valence-corrected chi connectivity index (χ4v) is 2.84. The molecule has 0 spiro atoms. The molecule has 0 heterocycles. The molecule has 0 atom stereocenters. The smallest absolute Gasteiger partial charge is 0.329 e. The van der Waals surface area contributed by atoms with E-state index < -0.39 is 11.8 Å². The second-order valence-electron chi connectivity index (χ2n) is 7.24. The Kier molecular flexibility index (Phi) is 7.17. The van der Waals surface area contributed by atoms with Crippen molar-refractivity contribution in [2.45, 2.75) is 27.4 Å². The van der Waals surface area contributed by atoms with E-state index in [1.807, 2.05) is 81.4 Å². The first-order valence-electron chi connectivity index (χ1n) is 9.91. The van der Waals surface area contributed by atoms with E-state index in [4.69, 9.17) is 4.74 Å². The first-order chi connectivity index (χ1) is 14.9. The van der Waals surface area contributed by atoms with E-state index in [-0.39, 0.29) is 0 Å². The van der Waals surface area contributed by atoms with E-state index >= 15 is 0 Å². The van der Waals surface area contributed by atoms with Gasteiger partial charge in [-0.05, 0) is 72.9 Å². The number of carbonyl (C=O) groups excluding carboxylic acids is 2. The molecule has 3 rings (SSSR count). The minimum atomic E-state index is -0.846. The normalized spacial score (nSPS) is 10.7. The van der Waals surface area contributed by atoms with E-state index in [0.717, 1.165) is 22.3 Å². The summed E-state index contributed by atoms with van der Waals surface area (Å²) in [6.07, 6.45) is 1.46. The number of aryl methyl sites for hydroxylation is 3. The van der Waals surface area contributed by atoms with Crippen molar-refractivity contribution in [1.82, 2.24) is 5.43 Å². The molecule has 31 heavy (non-hydrogen) atoms. The highest BCUT2D eigenvalue weighted by Gasteiger charge is 2.13. The van der Waals surface area contributed by atoms with Crippen molar-refractivity contribution in [2.24, 2.45) is 5.10 Å². The van der Waals surface area contributed by atoms with Crippen LogP contribution in [-0.2, 0) is 16.2 Å². The summed E-state index contributed by atoms with van der Waals surface area (Å²) < 4.78 is 5.85. The quantitative estimate of drug-likeness (QED) is 0.358. The Bertz CT molecular complexity index is 1120. The van der Waals surface area contributed by atoms with Crippen LogP contribution in [0.5, 0.6) is 5.75 Å². The average Bonchev–Trinajstić information content (AvgIpc) is 2.76. The lowest BCUT2D eigenvalue weighted by Crippen LogP contribution is -2.32. The predicted molar refractivity (Wildman–Crippen MR) is 122 cm³/mol. The summed E-state index contributed by atoms with van der Waals surface area (Å²) in [4.78, 5) is 24.0. The minimum Gasteiger partial charge on any atom is -0.489 e. The molecule has 0 aliphatic heterocycles. The Labute approximate surface area is 182 Å². The van der Waals surface area contributed by atoms with Crippen molar-refractivity contribution in [1.29, 1.82) is 0 Å². The van der Waals surface area contributed by atoms with Crippen LogP contribution in [0.1, 0.15) is 27.8 Å². The van der Waals surface area contributed by atoms with E-state index in [1.54, 1.807) is 6.07 Å². The van der Waals surface area contributed by atoms with Crippen LogP contribution in [-0.4, -0.2) is 18.0 Å². The maximum atomic E-state index is 12.0. The fraction of sp³-hybridized carbons (Fsp3) is 0.160. The lowest BCUT2D eigenvalue weighted by Gasteiger charge is -2.09. The second-order valence-corrected chi connectivity index (χ2v) is 7.24. The van der Waals surface area contributed by atoms with E-state index in [0.29, 0.717) is 18.0 Å². The van der Waals surface area contributed by atoms with Crippen LogP contribution in [0.15, 0.2) is 71.8 Å². The molecular weight excluding hydrogens is 390 g/mol. The van der Waals surface area contributed by atoms with Gasteiger partial charge in [0.15, 0.2) is 0 Å². The maximum absolute atomic E-state index is 12.0. The third-order valence-corrected chi connectivity index (χ3v) is 4.86. The van der Waals surface area contributed by atoms with Crippen LogP contribution in [0.3, 0.4) is 0 Å². The molecule has 6 nitrogen and oxygen atoms in total. The highest BCUT2D eigenvalue weighted by Crippen LogP contribution is 2.16. The lowest BCUT2D eigenvalue weighted by atomic mass is 10.1. The van der Waals surface area contributed by atoms with Gasteiger partial charge in [0.1, 0.15) is 12.4 Å². The van der Waals surface area contributed by atoms with Crippen molar-refractivity contribution in [3.05, 3.63) is 94.5 Å².